The minimum absolute atomic E-state index is 0.0428. The predicted octanol–water partition coefficient (Wildman–Crippen LogP) is 1.46. The van der Waals surface area contributed by atoms with Gasteiger partial charge in [0.1, 0.15) is 0 Å². The zero-order chi connectivity index (χ0) is 12.5. The lowest BCUT2D eigenvalue weighted by Gasteiger charge is -2.21. The third kappa shape index (κ3) is 5.82. The van der Waals surface area contributed by atoms with Crippen molar-refractivity contribution < 1.29 is 9.47 Å². The van der Waals surface area contributed by atoms with E-state index in [0.717, 1.165) is 32.7 Å². The van der Waals surface area contributed by atoms with E-state index < -0.39 is 0 Å². The average Bonchev–Trinajstić information content (AvgIpc) is 2.71. The van der Waals surface area contributed by atoms with Crippen molar-refractivity contribution in [2.75, 3.05) is 39.9 Å². The molecule has 1 heterocycles. The maximum atomic E-state index is 5.50. The standard InChI is InChI=1S/C13H28N2O2/c1-4-16-13(17-5-2)8-9-14-11-12-7-6-10-15(12)3/h12-14H,4-11H2,1-3H3. The lowest BCUT2D eigenvalue weighted by atomic mass is 10.2. The maximum absolute atomic E-state index is 5.50. The Morgan fingerprint density at radius 2 is 2.00 bits per heavy atom. The maximum Gasteiger partial charge on any atom is 0.158 e. The molecule has 0 spiro atoms. The molecule has 0 bridgehead atoms. The first kappa shape index (κ1) is 14.9. The number of rotatable bonds is 9. The number of hydrogen-bond donors (Lipinski definition) is 1. The molecule has 4 nitrogen and oxygen atoms in total. The van der Waals surface area contributed by atoms with Crippen LogP contribution in [0.15, 0.2) is 0 Å². The van der Waals surface area contributed by atoms with Crippen molar-refractivity contribution in [3.63, 3.8) is 0 Å². The first-order valence-corrected chi connectivity index (χ1v) is 6.92. The summed E-state index contributed by atoms with van der Waals surface area (Å²) in [5.74, 6) is 0. The van der Waals surface area contributed by atoms with E-state index in [1.165, 1.54) is 19.4 Å². The number of hydrogen-bond acceptors (Lipinski definition) is 4. The second-order valence-corrected chi connectivity index (χ2v) is 4.61. The molecular weight excluding hydrogens is 216 g/mol. The monoisotopic (exact) mass is 244 g/mol. The normalized spacial score (nSPS) is 21.5. The Morgan fingerprint density at radius 3 is 2.53 bits per heavy atom. The van der Waals surface area contributed by atoms with Crippen LogP contribution < -0.4 is 5.32 Å². The highest BCUT2D eigenvalue weighted by atomic mass is 16.7. The van der Waals surface area contributed by atoms with Gasteiger partial charge in [0.15, 0.2) is 6.29 Å². The van der Waals surface area contributed by atoms with Crippen LogP contribution in [-0.4, -0.2) is 57.1 Å². The minimum atomic E-state index is -0.0428. The van der Waals surface area contributed by atoms with Gasteiger partial charge in [0, 0.05) is 38.8 Å². The fourth-order valence-corrected chi connectivity index (χ4v) is 2.31. The van der Waals surface area contributed by atoms with Crippen molar-refractivity contribution in [2.24, 2.45) is 0 Å². The van der Waals surface area contributed by atoms with E-state index in [9.17, 15) is 0 Å². The van der Waals surface area contributed by atoms with Crippen LogP contribution in [0.25, 0.3) is 0 Å². The summed E-state index contributed by atoms with van der Waals surface area (Å²) in [6.07, 6.45) is 3.55. The first-order chi connectivity index (χ1) is 8.27. The zero-order valence-corrected chi connectivity index (χ0v) is 11.6. The number of nitrogens with one attached hydrogen (secondary N) is 1. The van der Waals surface area contributed by atoms with Gasteiger partial charge in [-0.3, -0.25) is 0 Å². The molecule has 0 saturated carbocycles. The van der Waals surface area contributed by atoms with Crippen molar-refractivity contribution in [1.82, 2.24) is 10.2 Å². The van der Waals surface area contributed by atoms with Gasteiger partial charge < -0.3 is 19.7 Å². The van der Waals surface area contributed by atoms with Crippen molar-refractivity contribution in [3.05, 3.63) is 0 Å². The predicted molar refractivity (Wildman–Crippen MR) is 70.2 cm³/mol. The van der Waals surface area contributed by atoms with Crippen LogP contribution in [0.2, 0.25) is 0 Å². The second-order valence-electron chi connectivity index (χ2n) is 4.61. The highest BCUT2D eigenvalue weighted by Crippen LogP contribution is 2.13. The highest BCUT2D eigenvalue weighted by Gasteiger charge is 2.19. The van der Waals surface area contributed by atoms with Gasteiger partial charge in [0.2, 0.25) is 0 Å². The van der Waals surface area contributed by atoms with Gasteiger partial charge in [0.25, 0.3) is 0 Å². The highest BCUT2D eigenvalue weighted by molar-refractivity contribution is 4.78. The smallest absolute Gasteiger partial charge is 0.158 e. The summed E-state index contributed by atoms with van der Waals surface area (Å²) in [4.78, 5) is 2.44. The molecule has 17 heavy (non-hydrogen) atoms. The molecule has 102 valence electrons. The summed E-state index contributed by atoms with van der Waals surface area (Å²) in [6.45, 7) is 8.75. The van der Waals surface area contributed by atoms with Crippen LogP contribution >= 0.6 is 0 Å². The number of likely N-dealkylation sites (N-methyl/N-ethyl adjacent to an activating group) is 1. The van der Waals surface area contributed by atoms with E-state index in [4.69, 9.17) is 9.47 Å². The van der Waals surface area contributed by atoms with E-state index in [0.29, 0.717) is 6.04 Å². The summed E-state index contributed by atoms with van der Waals surface area (Å²) in [5.41, 5.74) is 0. The molecule has 1 rings (SSSR count). The molecule has 1 unspecified atom stereocenters. The third-order valence-corrected chi connectivity index (χ3v) is 3.31. The quantitative estimate of drug-likeness (QED) is 0.492. The Bertz CT molecular complexity index is 184. The average molecular weight is 244 g/mol. The molecule has 1 aliphatic rings. The lowest BCUT2D eigenvalue weighted by Crippen LogP contribution is -2.36. The first-order valence-electron chi connectivity index (χ1n) is 6.92. The minimum Gasteiger partial charge on any atom is -0.353 e. The Hall–Kier alpha value is -0.160. The van der Waals surface area contributed by atoms with Crippen LogP contribution in [0.4, 0.5) is 0 Å². The van der Waals surface area contributed by atoms with Crippen molar-refractivity contribution in [2.45, 2.75) is 45.4 Å². The molecule has 1 saturated heterocycles. The molecule has 0 aromatic rings. The summed E-state index contributed by atoms with van der Waals surface area (Å²) in [5, 5.41) is 3.50. The Morgan fingerprint density at radius 1 is 1.29 bits per heavy atom. The van der Waals surface area contributed by atoms with Crippen molar-refractivity contribution in [1.29, 1.82) is 0 Å². The van der Waals surface area contributed by atoms with Crippen LogP contribution in [0.5, 0.6) is 0 Å². The molecule has 1 N–H and O–H groups in total. The van der Waals surface area contributed by atoms with E-state index in [2.05, 4.69) is 17.3 Å². The molecule has 0 aliphatic carbocycles. The number of likely N-dealkylation sites (tertiary alicyclic amines) is 1. The Balaban J connectivity index is 2.05. The van der Waals surface area contributed by atoms with Gasteiger partial charge >= 0.3 is 0 Å². The number of nitrogens with zero attached hydrogens (tertiary/aromatic N) is 1. The van der Waals surface area contributed by atoms with Gasteiger partial charge in [-0.1, -0.05) is 0 Å². The molecule has 1 atom stereocenters. The fourth-order valence-electron chi connectivity index (χ4n) is 2.31. The van der Waals surface area contributed by atoms with E-state index >= 15 is 0 Å². The van der Waals surface area contributed by atoms with Gasteiger partial charge in [0.05, 0.1) is 0 Å². The summed E-state index contributed by atoms with van der Waals surface area (Å²) < 4.78 is 11.0. The van der Waals surface area contributed by atoms with Gasteiger partial charge in [-0.25, -0.2) is 0 Å². The van der Waals surface area contributed by atoms with Crippen LogP contribution in [0, 0.1) is 0 Å². The molecule has 1 aliphatic heterocycles. The SMILES string of the molecule is CCOC(CCNCC1CCCN1C)OCC. The molecule has 0 aromatic heterocycles. The molecule has 1 fully saturated rings. The molecule has 0 aromatic carbocycles. The zero-order valence-electron chi connectivity index (χ0n) is 11.6. The van der Waals surface area contributed by atoms with E-state index in [1.54, 1.807) is 0 Å². The Labute approximate surface area is 106 Å². The van der Waals surface area contributed by atoms with Crippen molar-refractivity contribution >= 4 is 0 Å². The van der Waals surface area contributed by atoms with Gasteiger partial charge in [-0.05, 0) is 40.3 Å². The topological polar surface area (TPSA) is 33.7 Å². The second kappa shape index (κ2) is 8.86. The molecule has 4 heteroatoms. The van der Waals surface area contributed by atoms with Crippen LogP contribution in [0.1, 0.15) is 33.1 Å². The summed E-state index contributed by atoms with van der Waals surface area (Å²) in [7, 11) is 2.21. The van der Waals surface area contributed by atoms with Gasteiger partial charge in [-0.2, -0.15) is 0 Å². The van der Waals surface area contributed by atoms with Crippen molar-refractivity contribution in [3.8, 4) is 0 Å². The molecule has 0 radical (unpaired) electrons. The van der Waals surface area contributed by atoms with E-state index in [1.807, 2.05) is 13.8 Å². The largest absolute Gasteiger partial charge is 0.353 e. The van der Waals surface area contributed by atoms with Crippen LogP contribution in [-0.2, 0) is 9.47 Å². The molecular formula is C13H28N2O2. The van der Waals surface area contributed by atoms with Gasteiger partial charge in [-0.15, -0.1) is 0 Å². The lowest BCUT2D eigenvalue weighted by molar-refractivity contribution is -0.138. The third-order valence-electron chi connectivity index (χ3n) is 3.31. The number of ether oxygens (including phenoxy) is 2. The fraction of sp³-hybridized carbons (Fsp3) is 1.00. The Kier molecular flexibility index (Phi) is 7.77. The summed E-state index contributed by atoms with van der Waals surface area (Å²) in [6, 6.07) is 0.715. The molecule has 0 amide bonds. The summed E-state index contributed by atoms with van der Waals surface area (Å²) >= 11 is 0. The van der Waals surface area contributed by atoms with E-state index in [-0.39, 0.29) is 6.29 Å². The van der Waals surface area contributed by atoms with Crippen LogP contribution in [0.3, 0.4) is 0 Å².